The Morgan fingerprint density at radius 2 is 1.80 bits per heavy atom. The molecule has 0 aliphatic carbocycles. The number of rotatable bonds is 0. The number of nitrogens with one attached hydrogen (secondary N) is 1. The first-order valence-electron chi connectivity index (χ1n) is 7.60. The van der Waals surface area contributed by atoms with E-state index in [0.717, 1.165) is 42.4 Å². The molecule has 110 valence electrons. The van der Waals surface area contributed by atoms with Crippen LogP contribution >= 0.6 is 0 Å². The van der Waals surface area contributed by atoms with Gasteiger partial charge in [0.15, 0.2) is 5.75 Å². The number of ether oxygens (including phenoxy) is 1. The van der Waals surface area contributed by atoms with Crippen LogP contribution in [0.5, 0.6) is 5.75 Å². The summed E-state index contributed by atoms with van der Waals surface area (Å²) in [6.07, 6.45) is 0.999. The second-order valence-corrected chi connectivity index (χ2v) is 4.10. The lowest BCUT2D eigenvalue weighted by molar-refractivity contribution is 0.390. The highest BCUT2D eigenvalue weighted by atomic mass is 16.5. The zero-order valence-electron chi connectivity index (χ0n) is 13.3. The maximum atomic E-state index is 5.93. The molecule has 3 heteroatoms. The van der Waals surface area contributed by atoms with Crippen LogP contribution in [0, 0.1) is 0 Å². The van der Waals surface area contributed by atoms with Crippen molar-refractivity contribution in [3.05, 3.63) is 35.6 Å². The van der Waals surface area contributed by atoms with Crippen molar-refractivity contribution in [2.24, 2.45) is 4.99 Å². The van der Waals surface area contributed by atoms with E-state index in [1.807, 2.05) is 52.0 Å². The Labute approximate surface area is 122 Å². The van der Waals surface area contributed by atoms with Gasteiger partial charge in [0.1, 0.15) is 11.4 Å². The number of hydrogen-bond acceptors (Lipinski definition) is 3. The molecular weight excluding hydrogens is 248 g/mol. The molecule has 0 bridgehead atoms. The quantitative estimate of drug-likeness (QED) is 0.757. The van der Waals surface area contributed by atoms with Crippen molar-refractivity contribution in [3.63, 3.8) is 0 Å². The van der Waals surface area contributed by atoms with Crippen molar-refractivity contribution in [3.8, 4) is 5.75 Å². The van der Waals surface area contributed by atoms with Crippen LogP contribution in [0.4, 0.5) is 5.69 Å². The van der Waals surface area contributed by atoms with Gasteiger partial charge in [0.25, 0.3) is 0 Å². The number of fused-ring (bicyclic) bond motifs is 1. The Kier molecular flexibility index (Phi) is 7.02. The number of aliphatic imine (C=N–C) groups is 1. The van der Waals surface area contributed by atoms with Crippen molar-refractivity contribution in [1.82, 2.24) is 5.32 Å². The van der Waals surface area contributed by atoms with Gasteiger partial charge >= 0.3 is 0 Å². The van der Waals surface area contributed by atoms with E-state index in [1.165, 1.54) is 5.57 Å². The normalized spacial score (nSPS) is 15.9. The lowest BCUT2D eigenvalue weighted by atomic mass is 10.0. The Balaban J connectivity index is 0.000000461. The predicted octanol–water partition coefficient (Wildman–Crippen LogP) is 4.47. The van der Waals surface area contributed by atoms with Crippen LogP contribution in [-0.4, -0.2) is 18.8 Å². The molecule has 0 fully saturated rings. The summed E-state index contributed by atoms with van der Waals surface area (Å²) in [7, 11) is 0. The molecule has 0 aromatic heterocycles. The zero-order chi connectivity index (χ0) is 15.0. The number of hydrogen-bond donors (Lipinski definition) is 1. The average Bonchev–Trinajstić information content (AvgIpc) is 2.67. The van der Waals surface area contributed by atoms with E-state index in [-0.39, 0.29) is 0 Å². The van der Waals surface area contributed by atoms with Crippen LogP contribution in [0.25, 0.3) is 0 Å². The van der Waals surface area contributed by atoms with Gasteiger partial charge in [-0.25, -0.2) is 4.99 Å². The van der Waals surface area contributed by atoms with Gasteiger partial charge in [-0.15, -0.1) is 0 Å². The number of benzene rings is 1. The molecule has 2 aliphatic heterocycles. The van der Waals surface area contributed by atoms with Crippen LogP contribution in [0.1, 0.15) is 41.0 Å². The minimum atomic E-state index is 0.802. The van der Waals surface area contributed by atoms with Crippen molar-refractivity contribution >= 4 is 11.4 Å². The summed E-state index contributed by atoms with van der Waals surface area (Å²) < 4.78 is 5.93. The third-order valence-electron chi connectivity index (χ3n) is 3.00. The molecular formula is C17H26N2O. The van der Waals surface area contributed by atoms with Crippen LogP contribution in [-0.2, 0) is 0 Å². The molecule has 0 radical (unpaired) electrons. The van der Waals surface area contributed by atoms with Crippen molar-refractivity contribution in [1.29, 1.82) is 0 Å². The van der Waals surface area contributed by atoms with Gasteiger partial charge in [0.2, 0.25) is 0 Å². The molecule has 2 aliphatic rings. The van der Waals surface area contributed by atoms with E-state index >= 15 is 0 Å². The predicted molar refractivity (Wildman–Crippen MR) is 87.0 cm³/mol. The van der Waals surface area contributed by atoms with Crippen molar-refractivity contribution in [2.45, 2.75) is 41.0 Å². The smallest absolute Gasteiger partial charge is 0.152 e. The summed E-state index contributed by atoms with van der Waals surface area (Å²) in [6, 6.07) is 7.92. The van der Waals surface area contributed by atoms with Crippen LogP contribution in [0.15, 0.2) is 40.6 Å². The zero-order valence-corrected chi connectivity index (χ0v) is 13.3. The monoisotopic (exact) mass is 274 g/mol. The minimum Gasteiger partial charge on any atom is -0.458 e. The summed E-state index contributed by atoms with van der Waals surface area (Å²) in [5, 5.41) is 3.33. The van der Waals surface area contributed by atoms with Crippen molar-refractivity contribution < 1.29 is 4.74 Å². The number of para-hydroxylation sites is 2. The summed E-state index contributed by atoms with van der Waals surface area (Å²) in [5.41, 5.74) is 3.27. The van der Waals surface area contributed by atoms with Gasteiger partial charge in [0.05, 0.1) is 6.54 Å². The summed E-state index contributed by atoms with van der Waals surface area (Å²) in [6.45, 7) is 11.9. The largest absolute Gasteiger partial charge is 0.458 e. The molecule has 1 N–H and O–H groups in total. The first-order valence-corrected chi connectivity index (χ1v) is 7.60. The molecule has 1 aromatic carbocycles. The Hall–Kier alpha value is -1.61. The van der Waals surface area contributed by atoms with Gasteiger partial charge in [-0.3, -0.25) is 0 Å². The second kappa shape index (κ2) is 8.54. The van der Waals surface area contributed by atoms with Gasteiger partial charge in [-0.05, 0) is 32.0 Å². The van der Waals surface area contributed by atoms with E-state index in [0.29, 0.717) is 0 Å². The molecule has 3 rings (SSSR count). The molecule has 0 saturated heterocycles. The molecule has 1 aromatic rings. The molecule has 0 spiro atoms. The van der Waals surface area contributed by atoms with Gasteiger partial charge in [-0.1, -0.05) is 39.8 Å². The van der Waals surface area contributed by atoms with Gasteiger partial charge < -0.3 is 10.1 Å². The highest BCUT2D eigenvalue weighted by Gasteiger charge is 2.20. The van der Waals surface area contributed by atoms with E-state index < -0.39 is 0 Å². The van der Waals surface area contributed by atoms with Crippen LogP contribution in [0.3, 0.4) is 0 Å². The summed E-state index contributed by atoms with van der Waals surface area (Å²) >= 11 is 0. The molecule has 2 heterocycles. The van der Waals surface area contributed by atoms with E-state index in [1.54, 1.807) is 0 Å². The molecule has 20 heavy (non-hydrogen) atoms. The molecule has 0 amide bonds. The van der Waals surface area contributed by atoms with Crippen LogP contribution in [0.2, 0.25) is 0 Å². The second-order valence-electron chi connectivity index (χ2n) is 4.10. The van der Waals surface area contributed by atoms with E-state index in [9.17, 15) is 0 Å². The third-order valence-corrected chi connectivity index (χ3v) is 3.00. The minimum absolute atomic E-state index is 0.802. The fourth-order valence-electron chi connectivity index (χ4n) is 2.16. The highest BCUT2D eigenvalue weighted by molar-refractivity contribution is 6.01. The van der Waals surface area contributed by atoms with Gasteiger partial charge in [0, 0.05) is 11.3 Å². The highest BCUT2D eigenvalue weighted by Crippen LogP contribution is 2.33. The molecule has 0 saturated carbocycles. The van der Waals surface area contributed by atoms with E-state index in [4.69, 9.17) is 4.74 Å². The number of nitrogens with zero attached hydrogens (tertiary/aromatic N) is 1. The SMILES string of the molecule is CC.CC.CC1=Nc2ccccc2OC2=C1CCNC2. The Morgan fingerprint density at radius 3 is 2.55 bits per heavy atom. The lowest BCUT2D eigenvalue weighted by Crippen LogP contribution is -2.29. The first-order chi connectivity index (χ1) is 9.84. The Morgan fingerprint density at radius 1 is 1.10 bits per heavy atom. The third kappa shape index (κ3) is 3.70. The first kappa shape index (κ1) is 16.4. The summed E-state index contributed by atoms with van der Waals surface area (Å²) in [5.74, 6) is 1.88. The molecule has 3 nitrogen and oxygen atoms in total. The Bertz CT molecular complexity index is 490. The van der Waals surface area contributed by atoms with Crippen LogP contribution < -0.4 is 10.1 Å². The lowest BCUT2D eigenvalue weighted by Gasteiger charge is -2.19. The maximum absolute atomic E-state index is 5.93. The topological polar surface area (TPSA) is 33.6 Å². The average molecular weight is 274 g/mol. The molecule has 0 atom stereocenters. The fourth-order valence-corrected chi connectivity index (χ4v) is 2.16. The maximum Gasteiger partial charge on any atom is 0.152 e. The van der Waals surface area contributed by atoms with Gasteiger partial charge in [-0.2, -0.15) is 0 Å². The standard InChI is InChI=1S/C13H14N2O.2C2H6/c1-9-10-6-7-14-8-13(10)16-12-5-3-2-4-11(12)15-9;2*1-2/h2-5,14H,6-8H2,1H3;2*1-2H3. The van der Waals surface area contributed by atoms with E-state index in [2.05, 4.69) is 17.2 Å². The summed E-state index contributed by atoms with van der Waals surface area (Å²) in [4.78, 5) is 4.63. The molecule has 0 unspecified atom stereocenters. The fraction of sp³-hybridized carbons (Fsp3) is 0.471. The van der Waals surface area contributed by atoms with Crippen molar-refractivity contribution in [2.75, 3.05) is 13.1 Å².